The summed E-state index contributed by atoms with van der Waals surface area (Å²) in [5.41, 5.74) is -1.39. The van der Waals surface area contributed by atoms with E-state index in [9.17, 15) is 21.6 Å². The number of allylic oxidation sites excluding steroid dienone is 2. The van der Waals surface area contributed by atoms with Crippen molar-refractivity contribution in [1.82, 2.24) is 0 Å². The second kappa shape index (κ2) is 6.78. The highest BCUT2D eigenvalue weighted by Gasteiger charge is 2.38. The van der Waals surface area contributed by atoms with Crippen molar-refractivity contribution in [2.45, 2.75) is 18.0 Å². The summed E-state index contributed by atoms with van der Waals surface area (Å²) in [6.07, 6.45) is -4.85. The molecule has 7 heteroatoms. The number of hydrogen-bond donors (Lipinski definition) is 0. The van der Waals surface area contributed by atoms with Gasteiger partial charge in [-0.3, -0.25) is 0 Å². The Morgan fingerprint density at radius 3 is 2.29 bits per heavy atom. The van der Waals surface area contributed by atoms with Gasteiger partial charge in [0.05, 0.1) is 9.80 Å². The summed E-state index contributed by atoms with van der Waals surface area (Å²) in [6, 6.07) is 6.90. The van der Waals surface area contributed by atoms with Crippen molar-refractivity contribution >= 4 is 9.84 Å². The Balaban J connectivity index is 3.45. The molecule has 3 nitrogen and oxygen atoms in total. The topological polar surface area (TPSA) is 43.4 Å². The highest BCUT2D eigenvalue weighted by atomic mass is 32.2. The lowest BCUT2D eigenvalue weighted by molar-refractivity contribution is -0.0875. The van der Waals surface area contributed by atoms with Gasteiger partial charge in [-0.15, -0.1) is 0 Å². The fourth-order valence-electron chi connectivity index (χ4n) is 1.47. The van der Waals surface area contributed by atoms with E-state index in [0.717, 1.165) is 6.92 Å². The summed E-state index contributed by atoms with van der Waals surface area (Å²) < 4.78 is 67.9. The Morgan fingerprint density at radius 2 is 1.81 bits per heavy atom. The van der Waals surface area contributed by atoms with Crippen LogP contribution < -0.4 is 0 Å². The van der Waals surface area contributed by atoms with E-state index < -0.39 is 26.5 Å². The zero-order valence-electron chi connectivity index (χ0n) is 11.4. The molecule has 0 bridgehead atoms. The molecule has 0 aliphatic carbocycles. The van der Waals surface area contributed by atoms with Crippen molar-refractivity contribution < 1.29 is 26.3 Å². The minimum atomic E-state index is -4.85. The number of benzene rings is 1. The molecule has 0 aliphatic heterocycles. The molecule has 0 spiro atoms. The van der Waals surface area contributed by atoms with Gasteiger partial charge in [-0.25, -0.2) is 8.42 Å². The molecule has 0 amide bonds. The van der Waals surface area contributed by atoms with Gasteiger partial charge in [0.25, 0.3) is 0 Å². The first-order chi connectivity index (χ1) is 9.71. The molecule has 1 rings (SSSR count). The van der Waals surface area contributed by atoms with E-state index in [4.69, 9.17) is 0 Å². The van der Waals surface area contributed by atoms with Crippen LogP contribution in [0.4, 0.5) is 13.2 Å². The first kappa shape index (κ1) is 17.3. The number of hydrogen-bond acceptors (Lipinski definition) is 3. The second-order valence-electron chi connectivity index (χ2n) is 3.98. The molecule has 0 fully saturated rings. The third-order valence-electron chi connectivity index (χ3n) is 2.52. The van der Waals surface area contributed by atoms with Gasteiger partial charge >= 0.3 is 6.18 Å². The fourth-order valence-corrected chi connectivity index (χ4v) is 2.77. The molecule has 0 radical (unpaired) electrons. The van der Waals surface area contributed by atoms with Crippen LogP contribution in [0.1, 0.15) is 6.92 Å². The molecule has 114 valence electrons. The minimum absolute atomic E-state index is 0.210. The van der Waals surface area contributed by atoms with Crippen molar-refractivity contribution in [1.29, 1.82) is 0 Å². The fraction of sp³-hybridized carbons (Fsp3) is 0.286. The van der Waals surface area contributed by atoms with Gasteiger partial charge in [0.15, 0.2) is 0 Å². The van der Waals surface area contributed by atoms with Crippen molar-refractivity contribution in [2.75, 3.05) is 13.7 Å². The van der Waals surface area contributed by atoms with E-state index in [1.54, 1.807) is 6.07 Å². The van der Waals surface area contributed by atoms with E-state index in [1.807, 2.05) is 5.92 Å². The molecule has 0 aromatic heterocycles. The number of sulfone groups is 1. The van der Waals surface area contributed by atoms with E-state index in [2.05, 4.69) is 10.7 Å². The highest BCUT2D eigenvalue weighted by Crippen LogP contribution is 2.32. The second-order valence-corrected chi connectivity index (χ2v) is 6.07. The lowest BCUT2D eigenvalue weighted by Gasteiger charge is -2.11. The smallest absolute Gasteiger partial charge is 0.372 e. The molecule has 0 heterocycles. The molecule has 0 N–H and O–H groups in total. The van der Waals surface area contributed by atoms with Crippen LogP contribution in [0, 0.1) is 11.8 Å². The molecule has 0 saturated heterocycles. The van der Waals surface area contributed by atoms with Gasteiger partial charge in [-0.2, -0.15) is 13.2 Å². The highest BCUT2D eigenvalue weighted by molar-refractivity contribution is 7.95. The Kier molecular flexibility index (Phi) is 5.58. The predicted octanol–water partition coefficient (Wildman–Crippen LogP) is 2.95. The Bertz CT molecular complexity index is 678. The van der Waals surface area contributed by atoms with E-state index >= 15 is 0 Å². The lowest BCUT2D eigenvalue weighted by atomic mass is 10.2. The average Bonchev–Trinajstić information content (AvgIpc) is 2.42. The van der Waals surface area contributed by atoms with E-state index in [0.29, 0.717) is 0 Å². The molecule has 0 aliphatic rings. The third-order valence-corrected chi connectivity index (χ3v) is 4.43. The van der Waals surface area contributed by atoms with Gasteiger partial charge in [-0.05, 0) is 19.1 Å². The Hall–Kier alpha value is -1.78. The molecule has 0 unspecified atom stereocenters. The monoisotopic (exact) mass is 318 g/mol. The average molecular weight is 318 g/mol. The van der Waals surface area contributed by atoms with Crippen LogP contribution in [0.3, 0.4) is 0 Å². The first-order valence-electron chi connectivity index (χ1n) is 5.77. The Morgan fingerprint density at radius 1 is 1.24 bits per heavy atom. The maximum atomic E-state index is 13.0. The van der Waals surface area contributed by atoms with Crippen LogP contribution in [-0.4, -0.2) is 28.3 Å². The van der Waals surface area contributed by atoms with E-state index in [-0.39, 0.29) is 11.5 Å². The summed E-state index contributed by atoms with van der Waals surface area (Å²) in [5.74, 6) is 3.97. The summed E-state index contributed by atoms with van der Waals surface area (Å²) in [6.45, 7) is 0.672. The quantitative estimate of drug-likeness (QED) is 0.805. The molecule has 0 atom stereocenters. The zero-order chi connectivity index (χ0) is 16.1. The normalized spacial score (nSPS) is 13.2. The van der Waals surface area contributed by atoms with Crippen LogP contribution in [-0.2, 0) is 14.6 Å². The standard InChI is InChI=1S/C14H13F3O3S/c1-11(13(14(15,16)17)9-6-10-20-2)21(18,19)12-7-4-3-5-8-12/h3-5,7-8H,10H2,1-2H3/b13-11+. The molecular formula is C14H13F3O3S. The van der Waals surface area contributed by atoms with Crippen LogP contribution in [0.5, 0.6) is 0 Å². The first-order valence-corrected chi connectivity index (χ1v) is 7.25. The van der Waals surface area contributed by atoms with Crippen LogP contribution in [0.2, 0.25) is 0 Å². The number of ether oxygens (including phenoxy) is 1. The van der Waals surface area contributed by atoms with Crippen molar-refractivity contribution in [3.63, 3.8) is 0 Å². The summed E-state index contributed by atoms with van der Waals surface area (Å²) in [4.78, 5) is -1.04. The summed E-state index contributed by atoms with van der Waals surface area (Å²) >= 11 is 0. The van der Waals surface area contributed by atoms with Gasteiger partial charge in [0.1, 0.15) is 12.2 Å². The van der Waals surface area contributed by atoms with Crippen LogP contribution in [0.25, 0.3) is 0 Å². The van der Waals surface area contributed by atoms with Crippen LogP contribution in [0.15, 0.2) is 45.7 Å². The van der Waals surface area contributed by atoms with E-state index in [1.165, 1.54) is 31.4 Å². The number of alkyl halides is 3. The molecule has 0 saturated carbocycles. The predicted molar refractivity (Wildman–Crippen MR) is 72.0 cm³/mol. The molecule has 1 aromatic rings. The van der Waals surface area contributed by atoms with Crippen molar-refractivity contribution in [2.24, 2.45) is 0 Å². The van der Waals surface area contributed by atoms with Crippen LogP contribution >= 0.6 is 0 Å². The summed E-state index contributed by atoms with van der Waals surface area (Å²) in [7, 11) is -2.97. The van der Waals surface area contributed by atoms with Gasteiger partial charge in [-0.1, -0.05) is 30.0 Å². The van der Waals surface area contributed by atoms with Gasteiger partial charge in [0.2, 0.25) is 9.84 Å². The van der Waals surface area contributed by atoms with Crippen molar-refractivity contribution in [3.8, 4) is 11.8 Å². The maximum Gasteiger partial charge on any atom is 0.425 e. The summed E-state index contributed by atoms with van der Waals surface area (Å²) in [5, 5.41) is 0. The van der Waals surface area contributed by atoms with Gasteiger partial charge in [0, 0.05) is 7.11 Å². The number of methoxy groups -OCH3 is 1. The Labute approximate surface area is 121 Å². The third kappa shape index (κ3) is 4.34. The zero-order valence-corrected chi connectivity index (χ0v) is 12.2. The van der Waals surface area contributed by atoms with Gasteiger partial charge < -0.3 is 4.74 Å². The number of rotatable bonds is 3. The van der Waals surface area contributed by atoms with Crippen molar-refractivity contribution in [3.05, 3.63) is 40.8 Å². The maximum absolute atomic E-state index is 13.0. The number of halogens is 3. The minimum Gasteiger partial charge on any atom is -0.372 e. The SMILES string of the molecule is COCC#C/C(=C(/C)S(=O)(=O)c1ccccc1)C(F)(F)F. The molecule has 21 heavy (non-hydrogen) atoms. The molecular weight excluding hydrogens is 305 g/mol. The molecule has 1 aromatic carbocycles. The largest absolute Gasteiger partial charge is 0.425 e. The lowest BCUT2D eigenvalue weighted by Crippen LogP contribution is -2.16.